The molecule has 0 aliphatic heterocycles. The van der Waals surface area contributed by atoms with Gasteiger partial charge in [-0.15, -0.1) is 0 Å². The van der Waals surface area contributed by atoms with Gasteiger partial charge in [0.15, 0.2) is 0 Å². The second kappa shape index (κ2) is 9.19. The molecule has 3 aromatic rings. The number of pyridine rings is 1. The summed E-state index contributed by atoms with van der Waals surface area (Å²) in [6.07, 6.45) is 3.27. The quantitative estimate of drug-likeness (QED) is 0.447. The highest BCUT2D eigenvalue weighted by Gasteiger charge is 2.18. The number of nitrogens with one attached hydrogen (secondary N) is 2. The van der Waals surface area contributed by atoms with E-state index in [4.69, 9.17) is 4.74 Å². The minimum Gasteiger partial charge on any atom is -0.495 e. The second-order valence-corrected chi connectivity index (χ2v) is 7.90. The molecule has 1 aromatic heterocycles. The van der Waals surface area contributed by atoms with E-state index in [1.54, 1.807) is 49.6 Å². The number of hydrazone groups is 1. The molecule has 1 amide bonds. The van der Waals surface area contributed by atoms with Gasteiger partial charge in [0.1, 0.15) is 5.75 Å². The summed E-state index contributed by atoms with van der Waals surface area (Å²) in [6, 6.07) is 15.9. The summed E-state index contributed by atoms with van der Waals surface area (Å²) in [5.41, 5.74) is 4.21. The van der Waals surface area contributed by atoms with Crippen LogP contribution in [0.2, 0.25) is 0 Å². The highest BCUT2D eigenvalue weighted by Crippen LogP contribution is 2.26. The van der Waals surface area contributed by atoms with E-state index < -0.39 is 15.9 Å². The summed E-state index contributed by atoms with van der Waals surface area (Å²) < 4.78 is 33.2. The van der Waals surface area contributed by atoms with Gasteiger partial charge in [-0.05, 0) is 43.3 Å². The number of anilines is 1. The Morgan fingerprint density at radius 3 is 2.53 bits per heavy atom. The molecule has 0 saturated carbocycles. The van der Waals surface area contributed by atoms with Crippen molar-refractivity contribution in [3.63, 3.8) is 0 Å². The minimum atomic E-state index is -3.93. The molecule has 0 spiro atoms. The third-order valence-corrected chi connectivity index (χ3v) is 5.53. The van der Waals surface area contributed by atoms with Crippen molar-refractivity contribution in [1.29, 1.82) is 0 Å². The van der Waals surface area contributed by atoms with E-state index in [1.165, 1.54) is 31.4 Å². The molecule has 0 fully saturated rings. The summed E-state index contributed by atoms with van der Waals surface area (Å²) in [4.78, 5) is 16.4. The number of nitrogens with zero attached hydrogens (tertiary/aromatic N) is 2. The van der Waals surface area contributed by atoms with Crippen LogP contribution in [0.25, 0.3) is 0 Å². The van der Waals surface area contributed by atoms with Crippen molar-refractivity contribution in [1.82, 2.24) is 10.4 Å². The number of para-hydroxylation sites is 2. The molecule has 154 valence electrons. The zero-order valence-corrected chi connectivity index (χ0v) is 17.2. The SMILES string of the molecule is COc1ccccc1NS(=O)(=O)c1cccc(C(=O)N/N=C(/C)c2cccnc2)c1. The van der Waals surface area contributed by atoms with Gasteiger partial charge in [-0.1, -0.05) is 24.3 Å². The van der Waals surface area contributed by atoms with Crippen molar-refractivity contribution in [3.8, 4) is 5.75 Å². The van der Waals surface area contributed by atoms with Gasteiger partial charge >= 0.3 is 0 Å². The van der Waals surface area contributed by atoms with Gasteiger partial charge in [-0.25, -0.2) is 13.8 Å². The Labute approximate surface area is 174 Å². The molecule has 0 aliphatic rings. The van der Waals surface area contributed by atoms with Crippen LogP contribution in [0.5, 0.6) is 5.75 Å². The van der Waals surface area contributed by atoms with E-state index in [0.29, 0.717) is 17.1 Å². The number of rotatable bonds is 7. The Kier molecular flexibility index (Phi) is 6.43. The van der Waals surface area contributed by atoms with Crippen LogP contribution >= 0.6 is 0 Å². The van der Waals surface area contributed by atoms with Gasteiger partial charge in [0, 0.05) is 23.5 Å². The van der Waals surface area contributed by atoms with Gasteiger partial charge in [-0.3, -0.25) is 14.5 Å². The van der Waals surface area contributed by atoms with E-state index >= 15 is 0 Å². The van der Waals surface area contributed by atoms with Crippen LogP contribution in [0.1, 0.15) is 22.8 Å². The number of hydrogen-bond acceptors (Lipinski definition) is 6. The van der Waals surface area contributed by atoms with Crippen LogP contribution < -0.4 is 14.9 Å². The van der Waals surface area contributed by atoms with Crippen LogP contribution in [-0.2, 0) is 10.0 Å². The second-order valence-electron chi connectivity index (χ2n) is 6.21. The van der Waals surface area contributed by atoms with Crippen molar-refractivity contribution in [2.45, 2.75) is 11.8 Å². The molecule has 0 aliphatic carbocycles. The van der Waals surface area contributed by atoms with Gasteiger partial charge in [0.25, 0.3) is 15.9 Å². The zero-order valence-electron chi connectivity index (χ0n) is 16.4. The third-order valence-electron chi connectivity index (χ3n) is 4.16. The molecular formula is C21H20N4O4S. The number of amides is 1. The summed E-state index contributed by atoms with van der Waals surface area (Å²) >= 11 is 0. The van der Waals surface area contributed by atoms with Crippen molar-refractivity contribution < 1.29 is 17.9 Å². The number of methoxy groups -OCH3 is 1. The fraction of sp³-hybridized carbons (Fsp3) is 0.0952. The predicted molar refractivity (Wildman–Crippen MR) is 114 cm³/mol. The van der Waals surface area contributed by atoms with Crippen LogP contribution in [-0.4, -0.2) is 32.1 Å². The van der Waals surface area contributed by atoms with Crippen LogP contribution in [0.4, 0.5) is 5.69 Å². The molecule has 0 bridgehead atoms. The van der Waals surface area contributed by atoms with E-state index in [2.05, 4.69) is 20.2 Å². The van der Waals surface area contributed by atoms with Crippen LogP contribution in [0.15, 0.2) is 83.1 Å². The Morgan fingerprint density at radius 1 is 1.03 bits per heavy atom. The largest absolute Gasteiger partial charge is 0.495 e. The summed E-state index contributed by atoms with van der Waals surface area (Å²) in [5.74, 6) is -0.150. The Balaban J connectivity index is 1.79. The molecule has 0 radical (unpaired) electrons. The molecule has 2 N–H and O–H groups in total. The first-order valence-corrected chi connectivity index (χ1v) is 10.4. The normalized spacial score (nSPS) is 11.6. The van der Waals surface area contributed by atoms with Gasteiger partial charge in [0.2, 0.25) is 0 Å². The number of carbonyl (C=O) groups excluding carboxylic acids is 1. The van der Waals surface area contributed by atoms with Gasteiger partial charge < -0.3 is 4.74 Å². The Hall–Kier alpha value is -3.72. The maximum Gasteiger partial charge on any atom is 0.271 e. The molecule has 0 unspecified atom stereocenters. The minimum absolute atomic E-state index is 0.0611. The first-order chi connectivity index (χ1) is 14.4. The smallest absolute Gasteiger partial charge is 0.271 e. The fourth-order valence-electron chi connectivity index (χ4n) is 2.58. The molecule has 8 nitrogen and oxygen atoms in total. The van der Waals surface area contributed by atoms with E-state index in [1.807, 2.05) is 6.07 Å². The standard InChI is InChI=1S/C21H20N4O4S/c1-15(17-8-6-12-22-14-17)23-24-21(26)16-7-5-9-18(13-16)30(27,28)25-19-10-3-4-11-20(19)29-2/h3-14,25H,1-2H3,(H,24,26)/b23-15-. The summed E-state index contributed by atoms with van der Waals surface area (Å²) in [5, 5.41) is 4.05. The fourth-order valence-corrected chi connectivity index (χ4v) is 3.69. The third kappa shape index (κ3) is 5.00. The van der Waals surface area contributed by atoms with Gasteiger partial charge in [-0.2, -0.15) is 5.10 Å². The number of aromatic nitrogens is 1. The Morgan fingerprint density at radius 2 is 1.80 bits per heavy atom. The van der Waals surface area contributed by atoms with E-state index in [9.17, 15) is 13.2 Å². The maximum absolute atomic E-state index is 12.8. The lowest BCUT2D eigenvalue weighted by Crippen LogP contribution is -2.20. The first kappa shape index (κ1) is 21.0. The summed E-state index contributed by atoms with van der Waals surface area (Å²) in [6.45, 7) is 1.73. The molecular weight excluding hydrogens is 404 g/mol. The monoisotopic (exact) mass is 424 g/mol. The molecule has 2 aromatic carbocycles. The zero-order chi connectivity index (χ0) is 21.6. The van der Waals surface area contributed by atoms with Crippen LogP contribution in [0, 0.1) is 0 Å². The molecule has 3 rings (SSSR count). The average Bonchev–Trinajstić information content (AvgIpc) is 2.78. The van der Waals surface area contributed by atoms with Crippen LogP contribution in [0.3, 0.4) is 0 Å². The predicted octanol–water partition coefficient (Wildman–Crippen LogP) is 3.05. The molecule has 1 heterocycles. The highest BCUT2D eigenvalue weighted by molar-refractivity contribution is 7.92. The lowest BCUT2D eigenvalue weighted by molar-refractivity contribution is 0.0954. The molecule has 9 heteroatoms. The van der Waals surface area contributed by atoms with E-state index in [-0.39, 0.29) is 10.5 Å². The number of ether oxygens (including phenoxy) is 1. The van der Waals surface area contributed by atoms with Crippen molar-refractivity contribution in [2.24, 2.45) is 5.10 Å². The van der Waals surface area contributed by atoms with E-state index in [0.717, 1.165) is 5.56 Å². The number of benzene rings is 2. The molecule has 0 atom stereocenters. The van der Waals surface area contributed by atoms with Gasteiger partial charge in [0.05, 0.1) is 23.4 Å². The summed E-state index contributed by atoms with van der Waals surface area (Å²) in [7, 11) is -2.48. The number of carbonyl (C=O) groups is 1. The van der Waals surface area contributed by atoms with Crippen molar-refractivity contribution in [3.05, 3.63) is 84.2 Å². The number of sulfonamides is 1. The lowest BCUT2D eigenvalue weighted by atomic mass is 10.2. The first-order valence-electron chi connectivity index (χ1n) is 8.91. The highest BCUT2D eigenvalue weighted by atomic mass is 32.2. The van der Waals surface area contributed by atoms with Crippen molar-refractivity contribution >= 4 is 27.3 Å². The van der Waals surface area contributed by atoms with Crippen molar-refractivity contribution in [2.75, 3.05) is 11.8 Å². The topological polar surface area (TPSA) is 110 Å². The molecule has 0 saturated heterocycles. The Bertz CT molecular complexity index is 1180. The lowest BCUT2D eigenvalue weighted by Gasteiger charge is -2.12. The average molecular weight is 424 g/mol. The number of hydrogen-bond donors (Lipinski definition) is 2. The maximum atomic E-state index is 12.8. The molecule has 30 heavy (non-hydrogen) atoms.